The van der Waals surface area contributed by atoms with Crippen molar-refractivity contribution >= 4 is 38.2 Å². The second kappa shape index (κ2) is 5.98. The predicted molar refractivity (Wildman–Crippen MR) is 89.4 cm³/mol. The van der Waals surface area contributed by atoms with Crippen LogP contribution in [-0.4, -0.2) is 55.8 Å². The van der Waals surface area contributed by atoms with Gasteiger partial charge in [-0.05, 0) is 25.3 Å². The molecule has 3 heterocycles. The second-order valence-electron chi connectivity index (χ2n) is 5.86. The molecule has 114 valence electrons. The van der Waals surface area contributed by atoms with Gasteiger partial charge >= 0.3 is 0 Å². The summed E-state index contributed by atoms with van der Waals surface area (Å²) in [4.78, 5) is 11.0. The number of hydrogen-bond donors (Lipinski definition) is 1. The molecule has 0 amide bonds. The minimum atomic E-state index is -0.630. The molecule has 1 aliphatic heterocycles. The topological polar surface area (TPSA) is 58.1 Å². The van der Waals surface area contributed by atoms with Crippen molar-refractivity contribution in [3.63, 3.8) is 0 Å². The van der Waals surface area contributed by atoms with Crippen LogP contribution in [0.3, 0.4) is 0 Å². The maximum atomic E-state index is 11.5. The van der Waals surface area contributed by atoms with E-state index in [0.29, 0.717) is 0 Å². The van der Waals surface area contributed by atoms with Crippen molar-refractivity contribution in [3.05, 3.63) is 17.8 Å². The Morgan fingerprint density at radius 2 is 2.14 bits per heavy atom. The predicted octanol–water partition coefficient (Wildman–Crippen LogP) is 1.95. The first kappa shape index (κ1) is 14.9. The largest absolute Gasteiger partial charge is 0.367 e. The molecule has 2 aromatic rings. The van der Waals surface area contributed by atoms with E-state index < -0.39 is 10.8 Å². The highest BCUT2D eigenvalue weighted by molar-refractivity contribution is 7.85. The van der Waals surface area contributed by atoms with Crippen LogP contribution < -0.4 is 5.32 Å². The van der Waals surface area contributed by atoms with Crippen LogP contribution in [0.4, 0.5) is 5.82 Å². The molecule has 7 heteroatoms. The van der Waals surface area contributed by atoms with Gasteiger partial charge in [0.1, 0.15) is 12.1 Å². The molecule has 0 aliphatic carbocycles. The lowest BCUT2D eigenvalue weighted by Gasteiger charge is -2.40. The summed E-state index contributed by atoms with van der Waals surface area (Å²) >= 11 is 1.66. The summed E-state index contributed by atoms with van der Waals surface area (Å²) in [5, 5.41) is 5.50. The number of aromatic nitrogens is 2. The van der Waals surface area contributed by atoms with Crippen LogP contribution in [0, 0.1) is 0 Å². The number of anilines is 1. The Kier molecular flexibility index (Phi) is 4.24. The summed E-state index contributed by atoms with van der Waals surface area (Å²) in [5.41, 5.74) is 1.00. The van der Waals surface area contributed by atoms with Crippen molar-refractivity contribution in [2.75, 3.05) is 36.5 Å². The standard InChI is InChI=1S/C14H20N4OS2/c1-14(2,18-4-7-21(19)8-5-18)9-15-13-12-11(3-6-20-12)16-10-17-13/h3,6,10H,4-5,7-9H2,1-2H3,(H,15,16,17). The lowest BCUT2D eigenvalue weighted by Crippen LogP contribution is -2.53. The SMILES string of the molecule is CC(C)(CNc1ncnc2ccsc12)N1CCS(=O)CC1. The van der Waals surface area contributed by atoms with Gasteiger partial charge in [0.2, 0.25) is 0 Å². The van der Waals surface area contributed by atoms with Gasteiger partial charge in [0.05, 0.1) is 10.2 Å². The summed E-state index contributed by atoms with van der Waals surface area (Å²) in [6.07, 6.45) is 1.61. The van der Waals surface area contributed by atoms with Crippen LogP contribution in [0.2, 0.25) is 0 Å². The Morgan fingerprint density at radius 1 is 1.38 bits per heavy atom. The minimum absolute atomic E-state index is 0.0130. The maximum Gasteiger partial charge on any atom is 0.147 e. The van der Waals surface area contributed by atoms with Gasteiger partial charge in [-0.15, -0.1) is 11.3 Å². The van der Waals surface area contributed by atoms with Crippen LogP contribution in [0.25, 0.3) is 10.2 Å². The van der Waals surface area contributed by atoms with E-state index in [9.17, 15) is 4.21 Å². The van der Waals surface area contributed by atoms with Crippen molar-refractivity contribution in [2.24, 2.45) is 0 Å². The lowest BCUT2D eigenvalue weighted by atomic mass is 10.0. The van der Waals surface area contributed by atoms with E-state index in [0.717, 1.165) is 47.2 Å². The van der Waals surface area contributed by atoms with Gasteiger partial charge in [0.25, 0.3) is 0 Å². The third-order valence-corrected chi connectivity index (χ3v) is 6.15. The van der Waals surface area contributed by atoms with E-state index in [1.165, 1.54) is 0 Å². The van der Waals surface area contributed by atoms with Gasteiger partial charge in [0, 0.05) is 47.5 Å². The lowest BCUT2D eigenvalue weighted by molar-refractivity contribution is 0.145. The molecular formula is C14H20N4OS2. The molecule has 1 fully saturated rings. The molecule has 0 spiro atoms. The molecule has 0 aromatic carbocycles. The van der Waals surface area contributed by atoms with E-state index in [1.54, 1.807) is 17.7 Å². The average Bonchev–Trinajstić information content (AvgIpc) is 2.94. The van der Waals surface area contributed by atoms with E-state index in [1.807, 2.05) is 11.4 Å². The fraction of sp³-hybridized carbons (Fsp3) is 0.571. The zero-order chi connectivity index (χ0) is 14.9. The molecule has 0 unspecified atom stereocenters. The summed E-state index contributed by atoms with van der Waals surface area (Å²) in [5.74, 6) is 2.47. The molecule has 5 nitrogen and oxygen atoms in total. The van der Waals surface area contributed by atoms with Crippen LogP contribution in [0.1, 0.15) is 13.8 Å². The number of nitrogens with one attached hydrogen (secondary N) is 1. The average molecular weight is 324 g/mol. The normalized spacial score (nSPS) is 18.2. The zero-order valence-corrected chi connectivity index (χ0v) is 14.0. The van der Waals surface area contributed by atoms with Gasteiger partial charge in [-0.2, -0.15) is 0 Å². The van der Waals surface area contributed by atoms with Crippen molar-refractivity contribution in [1.29, 1.82) is 0 Å². The van der Waals surface area contributed by atoms with Crippen molar-refractivity contribution in [1.82, 2.24) is 14.9 Å². The molecular weight excluding hydrogens is 304 g/mol. The fourth-order valence-electron chi connectivity index (χ4n) is 2.57. The zero-order valence-electron chi connectivity index (χ0n) is 12.3. The highest BCUT2D eigenvalue weighted by Gasteiger charge is 2.29. The van der Waals surface area contributed by atoms with Gasteiger partial charge < -0.3 is 5.32 Å². The van der Waals surface area contributed by atoms with E-state index in [-0.39, 0.29) is 5.54 Å². The van der Waals surface area contributed by atoms with E-state index >= 15 is 0 Å². The van der Waals surface area contributed by atoms with Crippen LogP contribution in [0.15, 0.2) is 17.8 Å². The maximum absolute atomic E-state index is 11.5. The molecule has 1 aliphatic rings. The van der Waals surface area contributed by atoms with Gasteiger partial charge in [-0.1, -0.05) is 0 Å². The van der Waals surface area contributed by atoms with E-state index in [2.05, 4.69) is 34.0 Å². The molecule has 0 radical (unpaired) electrons. The Hall–Kier alpha value is -1.05. The van der Waals surface area contributed by atoms with Gasteiger partial charge in [0.15, 0.2) is 0 Å². The highest BCUT2D eigenvalue weighted by Crippen LogP contribution is 2.26. The first-order valence-corrected chi connectivity index (χ1v) is 9.45. The molecule has 0 bridgehead atoms. The highest BCUT2D eigenvalue weighted by atomic mass is 32.2. The fourth-order valence-corrected chi connectivity index (χ4v) is 4.43. The molecule has 0 saturated carbocycles. The number of thiophene rings is 1. The summed E-state index contributed by atoms with van der Waals surface area (Å²) in [7, 11) is -0.630. The molecule has 3 rings (SSSR count). The molecule has 1 N–H and O–H groups in total. The second-order valence-corrected chi connectivity index (χ2v) is 8.47. The van der Waals surface area contributed by atoms with Crippen LogP contribution >= 0.6 is 11.3 Å². The van der Waals surface area contributed by atoms with Gasteiger partial charge in [-0.25, -0.2) is 9.97 Å². The quantitative estimate of drug-likeness (QED) is 0.931. The van der Waals surface area contributed by atoms with Crippen molar-refractivity contribution in [3.8, 4) is 0 Å². The third kappa shape index (κ3) is 3.25. The van der Waals surface area contributed by atoms with Gasteiger partial charge in [-0.3, -0.25) is 9.11 Å². The monoisotopic (exact) mass is 324 g/mol. The summed E-state index contributed by atoms with van der Waals surface area (Å²) in [6.45, 7) is 7.06. The third-order valence-electron chi connectivity index (χ3n) is 3.97. The van der Waals surface area contributed by atoms with Crippen molar-refractivity contribution in [2.45, 2.75) is 19.4 Å². The number of fused-ring (bicyclic) bond motifs is 1. The van der Waals surface area contributed by atoms with Crippen LogP contribution in [-0.2, 0) is 10.8 Å². The Bertz CT molecular complexity index is 645. The first-order chi connectivity index (χ1) is 10.1. The smallest absolute Gasteiger partial charge is 0.147 e. The molecule has 2 aromatic heterocycles. The molecule has 0 atom stereocenters. The molecule has 21 heavy (non-hydrogen) atoms. The number of nitrogens with zero attached hydrogens (tertiary/aromatic N) is 3. The van der Waals surface area contributed by atoms with E-state index in [4.69, 9.17) is 0 Å². The Labute approximate surface area is 131 Å². The van der Waals surface area contributed by atoms with Crippen molar-refractivity contribution < 1.29 is 4.21 Å². The number of hydrogen-bond acceptors (Lipinski definition) is 6. The number of rotatable bonds is 4. The van der Waals surface area contributed by atoms with Crippen LogP contribution in [0.5, 0.6) is 0 Å². The molecule has 1 saturated heterocycles. The Morgan fingerprint density at radius 3 is 2.90 bits per heavy atom. The first-order valence-electron chi connectivity index (χ1n) is 7.08. The summed E-state index contributed by atoms with van der Waals surface area (Å²) in [6, 6.07) is 2.01. The Balaban J connectivity index is 1.68. The summed E-state index contributed by atoms with van der Waals surface area (Å²) < 4.78 is 12.6. The minimum Gasteiger partial charge on any atom is -0.367 e.